The Balaban J connectivity index is 1.78. The second-order valence-electron chi connectivity index (χ2n) is 5.87. The van der Waals surface area contributed by atoms with Crippen molar-refractivity contribution in [1.29, 1.82) is 0 Å². The first kappa shape index (κ1) is 16.3. The van der Waals surface area contributed by atoms with Gasteiger partial charge in [-0.1, -0.05) is 42.5 Å². The van der Waals surface area contributed by atoms with E-state index in [9.17, 15) is 8.78 Å². The zero-order valence-corrected chi connectivity index (χ0v) is 13.9. The summed E-state index contributed by atoms with van der Waals surface area (Å²) in [6, 6.07) is 20.5. The lowest BCUT2D eigenvalue weighted by atomic mass is 9.96. The molecule has 0 spiro atoms. The Bertz CT molecular complexity index is 1060. The second-order valence-corrected chi connectivity index (χ2v) is 5.87. The number of nitrogens with zero attached hydrogens (tertiary/aromatic N) is 1. The minimum Gasteiger partial charge on any atom is -0.436 e. The summed E-state index contributed by atoms with van der Waals surface area (Å²) in [6.45, 7) is -0.864. The highest BCUT2D eigenvalue weighted by Gasteiger charge is 2.14. The van der Waals surface area contributed by atoms with Crippen LogP contribution in [0.3, 0.4) is 0 Å². The van der Waals surface area contributed by atoms with Gasteiger partial charge in [-0.3, -0.25) is 0 Å². The molecule has 0 bridgehead atoms. The molecule has 3 aromatic carbocycles. The molecule has 0 aliphatic carbocycles. The molecule has 0 unspecified atom stereocenters. The Morgan fingerprint density at radius 3 is 2.46 bits per heavy atom. The summed E-state index contributed by atoms with van der Waals surface area (Å²) in [4.78, 5) is 4.49. The highest BCUT2D eigenvalue weighted by Crippen LogP contribution is 2.33. The fraction of sp³-hybridized carbons (Fsp3) is 0.0952. The first-order valence-electron chi connectivity index (χ1n) is 8.12. The molecule has 0 saturated carbocycles. The average Bonchev–Trinajstić information content (AvgIpc) is 3.05. The molecule has 4 aromatic rings. The minimum atomic E-state index is -2.88. The van der Waals surface area contributed by atoms with E-state index in [0.29, 0.717) is 17.0 Å². The number of hydrogen-bond acceptors (Lipinski definition) is 3. The van der Waals surface area contributed by atoms with Gasteiger partial charge < -0.3 is 9.15 Å². The Morgan fingerprint density at radius 1 is 0.923 bits per heavy atom. The number of ether oxygens (including phenoxy) is 1. The summed E-state index contributed by atoms with van der Waals surface area (Å²) in [5, 5.41) is 0. The molecule has 0 aliphatic rings. The van der Waals surface area contributed by atoms with Gasteiger partial charge in [-0.05, 0) is 41.8 Å². The molecule has 3 nitrogen and oxygen atoms in total. The van der Waals surface area contributed by atoms with Crippen LogP contribution < -0.4 is 4.74 Å². The maximum Gasteiger partial charge on any atom is 0.387 e. The van der Waals surface area contributed by atoms with E-state index in [2.05, 4.69) is 9.72 Å². The van der Waals surface area contributed by atoms with E-state index in [-0.39, 0.29) is 5.75 Å². The van der Waals surface area contributed by atoms with Crippen LogP contribution >= 0.6 is 0 Å². The van der Waals surface area contributed by atoms with Crippen molar-refractivity contribution < 1.29 is 17.9 Å². The quantitative estimate of drug-likeness (QED) is 0.447. The van der Waals surface area contributed by atoms with Crippen LogP contribution in [0.1, 0.15) is 5.56 Å². The summed E-state index contributed by atoms with van der Waals surface area (Å²) in [5.74, 6) is 0.495. The first-order valence-corrected chi connectivity index (χ1v) is 8.12. The van der Waals surface area contributed by atoms with Crippen LogP contribution in [0.15, 0.2) is 71.1 Å². The van der Waals surface area contributed by atoms with Crippen molar-refractivity contribution in [3.8, 4) is 28.3 Å². The fourth-order valence-electron chi connectivity index (χ4n) is 2.99. The SMILES string of the molecule is Cc1c(-c2ccccc2)cccc1-c1nc2ccc(OC(F)F)cc2o1. The lowest BCUT2D eigenvalue weighted by Crippen LogP contribution is -2.01. The number of hydrogen-bond donors (Lipinski definition) is 0. The molecule has 0 aliphatic heterocycles. The van der Waals surface area contributed by atoms with Gasteiger partial charge in [0, 0.05) is 11.6 Å². The van der Waals surface area contributed by atoms with Crippen LogP contribution in [-0.4, -0.2) is 11.6 Å². The Hall–Kier alpha value is -3.21. The topological polar surface area (TPSA) is 35.3 Å². The normalized spacial score (nSPS) is 11.2. The van der Waals surface area contributed by atoms with Crippen LogP contribution in [0.5, 0.6) is 5.75 Å². The van der Waals surface area contributed by atoms with Gasteiger partial charge in [0.25, 0.3) is 0 Å². The maximum absolute atomic E-state index is 12.4. The molecular weight excluding hydrogens is 336 g/mol. The predicted octanol–water partition coefficient (Wildman–Crippen LogP) is 6.07. The highest BCUT2D eigenvalue weighted by atomic mass is 19.3. The summed E-state index contributed by atoms with van der Waals surface area (Å²) >= 11 is 0. The molecule has 0 amide bonds. The van der Waals surface area contributed by atoms with Crippen molar-refractivity contribution >= 4 is 11.1 Å². The summed E-state index contributed by atoms with van der Waals surface area (Å²) < 4.78 is 35.0. The largest absolute Gasteiger partial charge is 0.436 e. The number of benzene rings is 3. The van der Waals surface area contributed by atoms with Gasteiger partial charge in [0.1, 0.15) is 11.3 Å². The number of alkyl halides is 2. The van der Waals surface area contributed by atoms with E-state index in [1.54, 1.807) is 6.07 Å². The van der Waals surface area contributed by atoms with Gasteiger partial charge in [0.15, 0.2) is 5.58 Å². The zero-order valence-electron chi connectivity index (χ0n) is 13.9. The second kappa shape index (κ2) is 6.59. The number of rotatable bonds is 4. The van der Waals surface area contributed by atoms with E-state index < -0.39 is 6.61 Å². The third-order valence-electron chi connectivity index (χ3n) is 4.23. The molecule has 0 atom stereocenters. The van der Waals surface area contributed by atoms with Gasteiger partial charge in [0.2, 0.25) is 5.89 Å². The molecule has 26 heavy (non-hydrogen) atoms. The smallest absolute Gasteiger partial charge is 0.387 e. The summed E-state index contributed by atoms with van der Waals surface area (Å²) in [6.07, 6.45) is 0. The number of halogens is 2. The summed E-state index contributed by atoms with van der Waals surface area (Å²) in [5.41, 5.74) is 5.09. The van der Waals surface area contributed by atoms with Crippen LogP contribution in [0.25, 0.3) is 33.7 Å². The zero-order chi connectivity index (χ0) is 18.1. The molecular formula is C21H15F2NO2. The van der Waals surface area contributed by atoms with Gasteiger partial charge in [-0.15, -0.1) is 0 Å². The minimum absolute atomic E-state index is 0.0463. The maximum atomic E-state index is 12.4. The van der Waals surface area contributed by atoms with Crippen molar-refractivity contribution in [3.63, 3.8) is 0 Å². The van der Waals surface area contributed by atoms with Crippen molar-refractivity contribution in [2.24, 2.45) is 0 Å². The number of fused-ring (bicyclic) bond motifs is 1. The van der Waals surface area contributed by atoms with E-state index in [1.807, 2.05) is 55.5 Å². The molecule has 0 N–H and O–H groups in total. The van der Waals surface area contributed by atoms with Crippen molar-refractivity contribution in [2.45, 2.75) is 13.5 Å². The predicted molar refractivity (Wildman–Crippen MR) is 96.3 cm³/mol. The molecule has 130 valence electrons. The van der Waals surface area contributed by atoms with E-state index in [1.165, 1.54) is 12.1 Å². The lowest BCUT2D eigenvalue weighted by molar-refractivity contribution is -0.0497. The van der Waals surface area contributed by atoms with Crippen LogP contribution in [0, 0.1) is 6.92 Å². The van der Waals surface area contributed by atoms with Gasteiger partial charge in [-0.2, -0.15) is 8.78 Å². The van der Waals surface area contributed by atoms with E-state index in [4.69, 9.17) is 4.42 Å². The van der Waals surface area contributed by atoms with E-state index in [0.717, 1.165) is 22.3 Å². The average molecular weight is 351 g/mol. The van der Waals surface area contributed by atoms with Crippen LogP contribution in [0.4, 0.5) is 8.78 Å². The van der Waals surface area contributed by atoms with Gasteiger partial charge >= 0.3 is 6.61 Å². The van der Waals surface area contributed by atoms with Crippen molar-refractivity contribution in [1.82, 2.24) is 4.98 Å². The fourth-order valence-corrected chi connectivity index (χ4v) is 2.99. The Labute approximate surface area is 148 Å². The van der Waals surface area contributed by atoms with Crippen molar-refractivity contribution in [2.75, 3.05) is 0 Å². The third kappa shape index (κ3) is 3.04. The lowest BCUT2D eigenvalue weighted by Gasteiger charge is -2.09. The standard InChI is InChI=1S/C21H15F2NO2/c1-13-16(14-6-3-2-4-7-14)8-5-9-17(13)20-24-18-11-10-15(25-21(22)23)12-19(18)26-20/h2-12,21H,1H3. The molecule has 1 aromatic heterocycles. The summed E-state index contributed by atoms with van der Waals surface area (Å²) in [7, 11) is 0. The van der Waals surface area contributed by atoms with Gasteiger partial charge in [-0.25, -0.2) is 4.98 Å². The Kier molecular flexibility index (Phi) is 4.13. The molecule has 5 heteroatoms. The Morgan fingerprint density at radius 2 is 1.69 bits per heavy atom. The van der Waals surface area contributed by atoms with Crippen LogP contribution in [0.2, 0.25) is 0 Å². The monoisotopic (exact) mass is 351 g/mol. The third-order valence-corrected chi connectivity index (χ3v) is 4.23. The first-order chi connectivity index (χ1) is 12.6. The van der Waals surface area contributed by atoms with Crippen LogP contribution in [-0.2, 0) is 0 Å². The van der Waals surface area contributed by atoms with Gasteiger partial charge in [0.05, 0.1) is 0 Å². The number of oxazole rings is 1. The molecule has 0 fully saturated rings. The molecule has 1 heterocycles. The van der Waals surface area contributed by atoms with E-state index >= 15 is 0 Å². The molecule has 0 radical (unpaired) electrons. The molecule has 0 saturated heterocycles. The molecule has 4 rings (SSSR count). The highest BCUT2D eigenvalue weighted by molar-refractivity contribution is 5.80. The van der Waals surface area contributed by atoms with Crippen molar-refractivity contribution in [3.05, 3.63) is 72.3 Å². The number of aromatic nitrogens is 1.